The van der Waals surface area contributed by atoms with Crippen LogP contribution in [-0.4, -0.2) is 29.5 Å². The lowest BCUT2D eigenvalue weighted by atomic mass is 10.3. The van der Waals surface area contributed by atoms with Crippen LogP contribution in [0, 0.1) is 0 Å². The van der Waals surface area contributed by atoms with Crippen molar-refractivity contribution in [3.05, 3.63) is 23.9 Å². The van der Waals surface area contributed by atoms with Crippen molar-refractivity contribution < 1.29 is 5.11 Å². The number of nitrogens with zero attached hydrogens (tertiary/aromatic N) is 1. The van der Waals surface area contributed by atoms with Gasteiger partial charge in [-0.3, -0.25) is 0 Å². The van der Waals surface area contributed by atoms with Gasteiger partial charge < -0.3 is 10.4 Å². The van der Waals surface area contributed by atoms with Crippen molar-refractivity contribution >= 4 is 11.8 Å². The number of aromatic nitrogens is 1. The van der Waals surface area contributed by atoms with Crippen LogP contribution in [0.1, 0.15) is 12.0 Å². The van der Waals surface area contributed by atoms with Crippen molar-refractivity contribution in [2.45, 2.75) is 18.0 Å². The van der Waals surface area contributed by atoms with Crippen LogP contribution >= 0.6 is 11.8 Å². The molecule has 0 radical (unpaired) electrons. The summed E-state index contributed by atoms with van der Waals surface area (Å²) in [7, 11) is 1.93. The summed E-state index contributed by atoms with van der Waals surface area (Å²) in [6, 6.07) is 4.02. The Labute approximate surface area is 88.9 Å². The van der Waals surface area contributed by atoms with E-state index in [9.17, 15) is 0 Å². The van der Waals surface area contributed by atoms with Gasteiger partial charge in [0.05, 0.1) is 0 Å². The maximum absolute atomic E-state index is 8.67. The topological polar surface area (TPSA) is 45.2 Å². The van der Waals surface area contributed by atoms with Crippen molar-refractivity contribution in [3.8, 4) is 0 Å². The van der Waals surface area contributed by atoms with Gasteiger partial charge in [0, 0.05) is 25.1 Å². The van der Waals surface area contributed by atoms with Crippen molar-refractivity contribution in [1.82, 2.24) is 10.3 Å². The molecule has 1 rings (SSSR count). The first-order valence-electron chi connectivity index (χ1n) is 4.70. The molecule has 3 nitrogen and oxygen atoms in total. The first-order valence-corrected chi connectivity index (χ1v) is 5.69. The highest BCUT2D eigenvalue weighted by atomic mass is 32.2. The fraction of sp³-hybridized carbons (Fsp3) is 0.500. The molecule has 0 bridgehead atoms. The Bertz CT molecular complexity index is 268. The van der Waals surface area contributed by atoms with E-state index in [4.69, 9.17) is 5.11 Å². The number of hydrogen-bond donors (Lipinski definition) is 2. The standard InChI is InChI=1S/C10H16N2OS/c1-11-8-9-4-2-5-12-10(9)14-7-3-6-13/h2,4-5,11,13H,3,6-8H2,1H3. The van der Waals surface area contributed by atoms with Crippen LogP contribution in [0.25, 0.3) is 0 Å². The Hall–Kier alpha value is -0.580. The Kier molecular flexibility index (Phi) is 5.59. The van der Waals surface area contributed by atoms with E-state index < -0.39 is 0 Å². The molecule has 1 aromatic heterocycles. The second-order valence-electron chi connectivity index (χ2n) is 2.92. The lowest BCUT2D eigenvalue weighted by molar-refractivity contribution is 0.296. The summed E-state index contributed by atoms with van der Waals surface area (Å²) >= 11 is 1.70. The molecule has 4 heteroatoms. The highest BCUT2D eigenvalue weighted by Gasteiger charge is 2.02. The maximum atomic E-state index is 8.67. The van der Waals surface area contributed by atoms with Crippen LogP contribution in [0.5, 0.6) is 0 Å². The average molecular weight is 212 g/mol. The molecule has 1 aromatic rings. The molecule has 0 fully saturated rings. The Morgan fingerprint density at radius 3 is 3.14 bits per heavy atom. The molecule has 14 heavy (non-hydrogen) atoms. The number of aliphatic hydroxyl groups is 1. The Morgan fingerprint density at radius 1 is 1.57 bits per heavy atom. The zero-order valence-corrected chi connectivity index (χ0v) is 9.18. The summed E-state index contributed by atoms with van der Waals surface area (Å²) in [6.07, 6.45) is 2.63. The van der Waals surface area contributed by atoms with Crippen molar-refractivity contribution in [2.75, 3.05) is 19.4 Å². The quantitative estimate of drug-likeness (QED) is 0.551. The van der Waals surface area contributed by atoms with Crippen molar-refractivity contribution in [1.29, 1.82) is 0 Å². The second kappa shape index (κ2) is 6.81. The minimum absolute atomic E-state index is 0.251. The number of aliphatic hydroxyl groups excluding tert-OH is 1. The second-order valence-corrected chi connectivity index (χ2v) is 4.01. The zero-order chi connectivity index (χ0) is 10.2. The minimum Gasteiger partial charge on any atom is -0.396 e. The van der Waals surface area contributed by atoms with Crippen molar-refractivity contribution in [2.24, 2.45) is 0 Å². The van der Waals surface area contributed by atoms with E-state index in [0.29, 0.717) is 0 Å². The van der Waals surface area contributed by atoms with Gasteiger partial charge in [0.1, 0.15) is 5.03 Å². The molecule has 0 unspecified atom stereocenters. The molecule has 0 aliphatic heterocycles. The summed E-state index contributed by atoms with van der Waals surface area (Å²) in [6.45, 7) is 1.09. The summed E-state index contributed by atoms with van der Waals surface area (Å²) in [5.74, 6) is 0.921. The van der Waals surface area contributed by atoms with Gasteiger partial charge >= 0.3 is 0 Å². The number of nitrogens with one attached hydrogen (secondary N) is 1. The molecule has 0 spiro atoms. The van der Waals surface area contributed by atoms with E-state index in [1.165, 1.54) is 5.56 Å². The molecular formula is C10H16N2OS. The first-order chi connectivity index (χ1) is 6.88. The van der Waals surface area contributed by atoms with Crippen molar-refractivity contribution in [3.63, 3.8) is 0 Å². The molecule has 1 heterocycles. The zero-order valence-electron chi connectivity index (χ0n) is 8.36. The lowest BCUT2D eigenvalue weighted by Gasteiger charge is -2.06. The molecule has 0 aliphatic carbocycles. The molecule has 0 saturated carbocycles. The van der Waals surface area contributed by atoms with Crippen LogP contribution in [0.4, 0.5) is 0 Å². The highest BCUT2D eigenvalue weighted by Crippen LogP contribution is 2.20. The fourth-order valence-electron chi connectivity index (χ4n) is 1.11. The Morgan fingerprint density at radius 2 is 2.43 bits per heavy atom. The number of thioether (sulfide) groups is 1. The van der Waals surface area contributed by atoms with E-state index in [0.717, 1.165) is 23.7 Å². The van der Waals surface area contributed by atoms with E-state index in [1.54, 1.807) is 18.0 Å². The van der Waals surface area contributed by atoms with E-state index >= 15 is 0 Å². The molecule has 0 aliphatic rings. The number of rotatable bonds is 6. The molecule has 0 aromatic carbocycles. The predicted octanol–water partition coefficient (Wildman–Crippen LogP) is 1.28. The lowest BCUT2D eigenvalue weighted by Crippen LogP contribution is -2.06. The monoisotopic (exact) mass is 212 g/mol. The van der Waals surface area contributed by atoms with Crippen LogP contribution in [0.2, 0.25) is 0 Å². The maximum Gasteiger partial charge on any atom is 0.100 e. The van der Waals surface area contributed by atoms with Gasteiger partial charge in [0.15, 0.2) is 0 Å². The first kappa shape index (κ1) is 11.5. The fourth-order valence-corrected chi connectivity index (χ4v) is 2.04. The summed E-state index contributed by atoms with van der Waals surface area (Å²) in [4.78, 5) is 4.31. The number of hydrogen-bond acceptors (Lipinski definition) is 4. The van der Waals surface area contributed by atoms with Gasteiger partial charge in [-0.2, -0.15) is 0 Å². The third-order valence-electron chi connectivity index (χ3n) is 1.76. The molecule has 0 saturated heterocycles. The van der Waals surface area contributed by atoms with Gasteiger partial charge in [0.2, 0.25) is 0 Å². The van der Waals surface area contributed by atoms with E-state index in [1.807, 2.05) is 13.1 Å². The minimum atomic E-state index is 0.251. The van der Waals surface area contributed by atoms with Gasteiger partial charge in [-0.1, -0.05) is 6.07 Å². The predicted molar refractivity (Wildman–Crippen MR) is 59.4 cm³/mol. The molecular weight excluding hydrogens is 196 g/mol. The summed E-state index contributed by atoms with van der Waals surface area (Å²) < 4.78 is 0. The van der Waals surface area contributed by atoms with Crippen LogP contribution < -0.4 is 5.32 Å². The van der Waals surface area contributed by atoms with Gasteiger partial charge in [-0.25, -0.2) is 4.98 Å². The largest absolute Gasteiger partial charge is 0.396 e. The third-order valence-corrected chi connectivity index (χ3v) is 2.89. The molecule has 0 amide bonds. The summed E-state index contributed by atoms with van der Waals surface area (Å²) in [5, 5.41) is 12.8. The van der Waals surface area contributed by atoms with E-state index in [2.05, 4.69) is 16.4 Å². The molecule has 0 atom stereocenters. The normalized spacial score (nSPS) is 10.4. The van der Waals surface area contributed by atoms with Crippen LogP contribution in [-0.2, 0) is 6.54 Å². The average Bonchev–Trinajstić information content (AvgIpc) is 2.21. The van der Waals surface area contributed by atoms with Gasteiger partial charge in [0.25, 0.3) is 0 Å². The smallest absolute Gasteiger partial charge is 0.100 e. The number of pyridine rings is 1. The summed E-state index contributed by atoms with van der Waals surface area (Å²) in [5.41, 5.74) is 1.22. The molecule has 78 valence electrons. The van der Waals surface area contributed by atoms with Gasteiger partial charge in [-0.05, 0) is 25.1 Å². The SMILES string of the molecule is CNCc1cccnc1SCCCO. The van der Waals surface area contributed by atoms with Gasteiger partial charge in [-0.15, -0.1) is 11.8 Å². The third kappa shape index (κ3) is 3.65. The van der Waals surface area contributed by atoms with Crippen LogP contribution in [0.3, 0.4) is 0 Å². The highest BCUT2D eigenvalue weighted by molar-refractivity contribution is 7.99. The Balaban J connectivity index is 2.55. The molecule has 2 N–H and O–H groups in total. The van der Waals surface area contributed by atoms with E-state index in [-0.39, 0.29) is 6.61 Å². The van der Waals surface area contributed by atoms with Crippen LogP contribution in [0.15, 0.2) is 23.4 Å².